The monoisotopic (exact) mass is 376 g/mol. The van der Waals surface area contributed by atoms with Crippen LogP contribution in [-0.2, 0) is 10.0 Å². The summed E-state index contributed by atoms with van der Waals surface area (Å²) in [6.07, 6.45) is 6.00. The summed E-state index contributed by atoms with van der Waals surface area (Å²) in [5.74, 6) is 1.50. The van der Waals surface area contributed by atoms with E-state index in [0.29, 0.717) is 17.6 Å². The van der Waals surface area contributed by atoms with Gasteiger partial charge in [0.2, 0.25) is 0 Å². The molecule has 0 bridgehead atoms. The highest BCUT2D eigenvalue weighted by molar-refractivity contribution is 7.92. The van der Waals surface area contributed by atoms with Gasteiger partial charge in [-0.1, -0.05) is 19.3 Å². The number of ether oxygens (including phenoxy) is 1. The van der Waals surface area contributed by atoms with Crippen LogP contribution < -0.4 is 14.8 Å². The van der Waals surface area contributed by atoms with Gasteiger partial charge >= 0.3 is 0 Å². The molecule has 1 saturated carbocycles. The smallest absolute Gasteiger partial charge is 0.263 e. The number of methoxy groups -OCH3 is 1. The van der Waals surface area contributed by atoms with Crippen LogP contribution in [0.2, 0.25) is 0 Å². The number of nitrogens with one attached hydrogen (secondary N) is 2. The maximum Gasteiger partial charge on any atom is 0.263 e. The summed E-state index contributed by atoms with van der Waals surface area (Å²) in [6.45, 7) is 1.80. The summed E-state index contributed by atoms with van der Waals surface area (Å²) in [5, 5.41) is 11.4. The van der Waals surface area contributed by atoms with E-state index in [1.54, 1.807) is 38.3 Å². The normalized spacial score (nSPS) is 15.5. The van der Waals surface area contributed by atoms with Crippen LogP contribution in [0.4, 0.5) is 11.6 Å². The summed E-state index contributed by atoms with van der Waals surface area (Å²) >= 11 is 0. The summed E-state index contributed by atoms with van der Waals surface area (Å²) < 4.78 is 32.7. The van der Waals surface area contributed by atoms with E-state index in [0.717, 1.165) is 18.4 Å². The molecule has 1 aromatic carbocycles. The number of sulfonamides is 1. The van der Waals surface area contributed by atoms with Crippen LogP contribution in [0, 0.1) is 6.92 Å². The first kappa shape index (κ1) is 18.4. The van der Waals surface area contributed by atoms with Gasteiger partial charge in [0.1, 0.15) is 11.6 Å². The molecule has 2 aromatic rings. The van der Waals surface area contributed by atoms with Crippen molar-refractivity contribution in [3.63, 3.8) is 0 Å². The molecular formula is C18H24N4O3S. The van der Waals surface area contributed by atoms with Crippen molar-refractivity contribution in [3.8, 4) is 5.75 Å². The molecule has 3 rings (SSSR count). The van der Waals surface area contributed by atoms with E-state index in [9.17, 15) is 8.42 Å². The molecule has 7 nitrogen and oxygen atoms in total. The molecule has 0 spiro atoms. The van der Waals surface area contributed by atoms with Crippen molar-refractivity contribution in [2.75, 3.05) is 17.1 Å². The third-order valence-corrected chi connectivity index (χ3v) is 5.89. The summed E-state index contributed by atoms with van der Waals surface area (Å²) in [7, 11) is -2.18. The van der Waals surface area contributed by atoms with Crippen LogP contribution in [0.15, 0.2) is 35.2 Å². The number of hydrogen-bond donors (Lipinski definition) is 2. The fourth-order valence-electron chi connectivity index (χ4n) is 3.13. The Morgan fingerprint density at radius 3 is 2.35 bits per heavy atom. The lowest BCUT2D eigenvalue weighted by Gasteiger charge is -2.22. The number of anilines is 2. The Labute approximate surface area is 154 Å². The highest BCUT2D eigenvalue weighted by Crippen LogP contribution is 2.23. The van der Waals surface area contributed by atoms with Gasteiger partial charge in [-0.25, -0.2) is 8.42 Å². The zero-order chi connectivity index (χ0) is 18.6. The van der Waals surface area contributed by atoms with Crippen molar-refractivity contribution >= 4 is 21.7 Å². The SMILES string of the molecule is COc1ccc(S(=O)(=O)Nc2ccc(NC3CCCCC3)nn2)cc1C. The average molecular weight is 376 g/mol. The second-order valence-corrected chi connectivity index (χ2v) is 8.20. The highest BCUT2D eigenvalue weighted by atomic mass is 32.2. The van der Waals surface area contributed by atoms with Gasteiger partial charge in [0.15, 0.2) is 5.82 Å². The maximum atomic E-state index is 12.5. The first-order chi connectivity index (χ1) is 12.5. The van der Waals surface area contributed by atoms with Crippen molar-refractivity contribution in [2.45, 2.75) is 50.0 Å². The van der Waals surface area contributed by atoms with Crippen molar-refractivity contribution in [1.82, 2.24) is 10.2 Å². The molecule has 1 aromatic heterocycles. The van der Waals surface area contributed by atoms with Crippen molar-refractivity contribution in [3.05, 3.63) is 35.9 Å². The predicted molar refractivity (Wildman–Crippen MR) is 101 cm³/mol. The standard InChI is InChI=1S/C18H24N4O3S/c1-13-12-15(8-9-16(13)25-2)26(23,24)22-18-11-10-17(20-21-18)19-14-6-4-3-5-7-14/h8-12,14H,3-7H2,1-2H3,(H,19,20)(H,21,22). The van der Waals surface area contributed by atoms with Crippen LogP contribution in [0.1, 0.15) is 37.7 Å². The van der Waals surface area contributed by atoms with Gasteiger partial charge in [0.05, 0.1) is 12.0 Å². The van der Waals surface area contributed by atoms with Crippen LogP contribution >= 0.6 is 0 Å². The topological polar surface area (TPSA) is 93.2 Å². The molecule has 1 aliphatic rings. The highest BCUT2D eigenvalue weighted by Gasteiger charge is 2.17. The average Bonchev–Trinajstić information content (AvgIpc) is 2.64. The zero-order valence-electron chi connectivity index (χ0n) is 15.0. The minimum absolute atomic E-state index is 0.155. The fraction of sp³-hybridized carbons (Fsp3) is 0.444. The van der Waals surface area contributed by atoms with E-state index in [1.807, 2.05) is 0 Å². The summed E-state index contributed by atoms with van der Waals surface area (Å²) in [5.41, 5.74) is 0.744. The molecule has 0 amide bonds. The lowest BCUT2D eigenvalue weighted by atomic mass is 9.95. The van der Waals surface area contributed by atoms with E-state index < -0.39 is 10.0 Å². The lowest BCUT2D eigenvalue weighted by molar-refractivity contribution is 0.411. The molecule has 0 radical (unpaired) electrons. The molecule has 0 atom stereocenters. The maximum absolute atomic E-state index is 12.5. The van der Waals surface area contributed by atoms with E-state index in [2.05, 4.69) is 20.2 Å². The van der Waals surface area contributed by atoms with Crippen LogP contribution in [0.25, 0.3) is 0 Å². The van der Waals surface area contributed by atoms with Crippen LogP contribution in [0.3, 0.4) is 0 Å². The molecule has 8 heteroatoms. The number of hydrogen-bond acceptors (Lipinski definition) is 6. The van der Waals surface area contributed by atoms with Crippen LogP contribution in [0.5, 0.6) is 5.75 Å². The Hall–Kier alpha value is -2.35. The zero-order valence-corrected chi connectivity index (χ0v) is 15.8. The minimum atomic E-state index is -3.73. The number of aryl methyl sites for hydroxylation is 1. The second kappa shape index (κ2) is 7.90. The number of rotatable bonds is 6. The van der Waals surface area contributed by atoms with Crippen molar-refractivity contribution in [2.24, 2.45) is 0 Å². The Bertz CT molecular complexity index is 847. The number of nitrogens with zero attached hydrogens (tertiary/aromatic N) is 2. The molecule has 0 saturated heterocycles. The number of benzene rings is 1. The van der Waals surface area contributed by atoms with E-state index in [4.69, 9.17) is 4.74 Å². The summed E-state index contributed by atoms with van der Waals surface area (Å²) in [6, 6.07) is 8.48. The molecule has 0 aliphatic heterocycles. The van der Waals surface area contributed by atoms with Crippen molar-refractivity contribution < 1.29 is 13.2 Å². The van der Waals surface area contributed by atoms with E-state index >= 15 is 0 Å². The van der Waals surface area contributed by atoms with Gasteiger partial charge in [-0.15, -0.1) is 10.2 Å². The van der Waals surface area contributed by atoms with Gasteiger partial charge in [0, 0.05) is 6.04 Å². The minimum Gasteiger partial charge on any atom is -0.496 e. The molecule has 1 heterocycles. The third-order valence-electron chi connectivity index (χ3n) is 4.54. The Kier molecular flexibility index (Phi) is 5.61. The van der Waals surface area contributed by atoms with E-state index in [-0.39, 0.29) is 10.7 Å². The molecule has 140 valence electrons. The Morgan fingerprint density at radius 1 is 1.04 bits per heavy atom. The second-order valence-electron chi connectivity index (χ2n) is 6.52. The summed E-state index contributed by atoms with van der Waals surface area (Å²) in [4.78, 5) is 0.155. The largest absolute Gasteiger partial charge is 0.496 e. The van der Waals surface area contributed by atoms with Gasteiger partial charge in [-0.3, -0.25) is 4.72 Å². The predicted octanol–water partition coefficient (Wildman–Crippen LogP) is 3.34. The molecule has 26 heavy (non-hydrogen) atoms. The van der Waals surface area contributed by atoms with Gasteiger partial charge in [0.25, 0.3) is 10.0 Å². The molecule has 1 fully saturated rings. The van der Waals surface area contributed by atoms with Crippen molar-refractivity contribution in [1.29, 1.82) is 0 Å². The molecule has 2 N–H and O–H groups in total. The quantitative estimate of drug-likeness (QED) is 0.803. The van der Waals surface area contributed by atoms with Gasteiger partial charge < -0.3 is 10.1 Å². The van der Waals surface area contributed by atoms with E-state index in [1.165, 1.54) is 25.3 Å². The molecule has 1 aliphatic carbocycles. The first-order valence-corrected chi connectivity index (χ1v) is 10.2. The van der Waals surface area contributed by atoms with Gasteiger partial charge in [-0.2, -0.15) is 0 Å². The number of aromatic nitrogens is 2. The third kappa shape index (κ3) is 4.43. The van der Waals surface area contributed by atoms with Crippen LogP contribution in [-0.4, -0.2) is 31.8 Å². The van der Waals surface area contributed by atoms with Gasteiger partial charge in [-0.05, 0) is 55.7 Å². The first-order valence-electron chi connectivity index (χ1n) is 8.76. The Balaban J connectivity index is 1.68. The lowest BCUT2D eigenvalue weighted by Crippen LogP contribution is -2.23. The fourth-order valence-corrected chi connectivity index (χ4v) is 4.22. The Morgan fingerprint density at radius 2 is 1.73 bits per heavy atom. The molecular weight excluding hydrogens is 352 g/mol. The molecule has 0 unspecified atom stereocenters.